The summed E-state index contributed by atoms with van der Waals surface area (Å²) in [6.45, 7) is 1.75. The van der Waals surface area contributed by atoms with Crippen LogP contribution >= 0.6 is 12.4 Å². The Kier molecular flexibility index (Phi) is 5.30. The first-order valence-corrected chi connectivity index (χ1v) is 8.87. The predicted octanol–water partition coefficient (Wildman–Crippen LogP) is 1.96. The van der Waals surface area contributed by atoms with Crippen LogP contribution in [0, 0.1) is 5.92 Å². The zero-order chi connectivity index (χ0) is 14.2. The molecule has 1 aromatic rings. The van der Waals surface area contributed by atoms with Crippen molar-refractivity contribution in [3.63, 3.8) is 0 Å². The van der Waals surface area contributed by atoms with E-state index in [4.69, 9.17) is 5.73 Å². The lowest BCUT2D eigenvalue weighted by atomic mass is 10.0. The molecule has 1 heterocycles. The van der Waals surface area contributed by atoms with Crippen molar-refractivity contribution in [2.75, 3.05) is 19.6 Å². The van der Waals surface area contributed by atoms with Crippen molar-refractivity contribution in [3.8, 4) is 0 Å². The predicted molar refractivity (Wildman–Crippen MR) is 86.3 cm³/mol. The van der Waals surface area contributed by atoms with Crippen LogP contribution in [0.3, 0.4) is 0 Å². The molecule has 0 saturated carbocycles. The lowest BCUT2D eigenvalue weighted by Crippen LogP contribution is -2.41. The Hall–Kier alpha value is -0.620. The molecule has 6 heteroatoms. The second-order valence-electron chi connectivity index (χ2n) is 5.89. The molecule has 1 saturated heterocycles. The number of rotatable bonds is 3. The minimum Gasteiger partial charge on any atom is -0.330 e. The van der Waals surface area contributed by atoms with E-state index in [2.05, 4.69) is 0 Å². The van der Waals surface area contributed by atoms with Crippen molar-refractivity contribution in [1.82, 2.24) is 4.31 Å². The molecule has 0 bridgehead atoms. The molecule has 1 aliphatic carbocycles. The molecular formula is C15H23ClN2O2S. The van der Waals surface area contributed by atoms with Crippen LogP contribution in [0.25, 0.3) is 0 Å². The Morgan fingerprint density at radius 1 is 1.19 bits per heavy atom. The maximum absolute atomic E-state index is 12.7. The van der Waals surface area contributed by atoms with E-state index in [9.17, 15) is 8.42 Å². The molecule has 3 rings (SSSR count). The second-order valence-corrected chi connectivity index (χ2v) is 7.83. The molecule has 4 nitrogen and oxygen atoms in total. The van der Waals surface area contributed by atoms with E-state index in [0.717, 1.165) is 32.1 Å². The van der Waals surface area contributed by atoms with E-state index in [1.165, 1.54) is 11.1 Å². The van der Waals surface area contributed by atoms with Crippen LogP contribution in [0.5, 0.6) is 0 Å². The van der Waals surface area contributed by atoms with Gasteiger partial charge in [-0.15, -0.1) is 12.4 Å². The van der Waals surface area contributed by atoms with Crippen LogP contribution < -0.4 is 5.73 Å². The highest BCUT2D eigenvalue weighted by Crippen LogP contribution is 2.28. The van der Waals surface area contributed by atoms with Gasteiger partial charge in [-0.1, -0.05) is 6.07 Å². The van der Waals surface area contributed by atoms with Gasteiger partial charge < -0.3 is 5.73 Å². The number of sulfonamides is 1. The zero-order valence-electron chi connectivity index (χ0n) is 12.1. The molecule has 1 fully saturated rings. The first-order chi connectivity index (χ1) is 9.61. The third-order valence-electron chi connectivity index (χ3n) is 4.52. The number of aryl methyl sites for hydroxylation is 2. The Balaban J connectivity index is 0.00000161. The fourth-order valence-corrected chi connectivity index (χ4v) is 4.90. The summed E-state index contributed by atoms with van der Waals surface area (Å²) in [5.41, 5.74) is 8.21. The molecule has 2 N–H and O–H groups in total. The number of piperidine rings is 1. The Bertz CT molecular complexity index is 604. The number of halogens is 1. The number of hydrogen-bond acceptors (Lipinski definition) is 3. The van der Waals surface area contributed by atoms with Gasteiger partial charge in [-0.3, -0.25) is 0 Å². The first-order valence-electron chi connectivity index (χ1n) is 7.43. The highest BCUT2D eigenvalue weighted by Gasteiger charge is 2.30. The van der Waals surface area contributed by atoms with Crippen molar-refractivity contribution < 1.29 is 8.42 Å². The lowest BCUT2D eigenvalue weighted by molar-refractivity contribution is 0.271. The number of hydrogen-bond donors (Lipinski definition) is 1. The SMILES string of the molecule is Cl.NCC1CCCN(S(=O)(=O)c2ccc3c(c2)CCC3)C1. The van der Waals surface area contributed by atoms with Gasteiger partial charge in [-0.2, -0.15) is 4.31 Å². The topological polar surface area (TPSA) is 63.4 Å². The minimum atomic E-state index is -3.35. The van der Waals surface area contributed by atoms with Gasteiger partial charge in [0, 0.05) is 13.1 Å². The fourth-order valence-electron chi connectivity index (χ4n) is 3.30. The van der Waals surface area contributed by atoms with Crippen LogP contribution in [0.4, 0.5) is 0 Å². The molecule has 21 heavy (non-hydrogen) atoms. The smallest absolute Gasteiger partial charge is 0.243 e. The van der Waals surface area contributed by atoms with Crippen LogP contribution in [0.2, 0.25) is 0 Å². The van der Waals surface area contributed by atoms with Crippen LogP contribution in [-0.2, 0) is 22.9 Å². The molecule has 1 aromatic carbocycles. The van der Waals surface area contributed by atoms with Gasteiger partial charge in [0.2, 0.25) is 10.0 Å². The third kappa shape index (κ3) is 3.26. The van der Waals surface area contributed by atoms with Gasteiger partial charge in [0.1, 0.15) is 0 Å². The van der Waals surface area contributed by atoms with Crippen LogP contribution in [-0.4, -0.2) is 32.4 Å². The van der Waals surface area contributed by atoms with Crippen LogP contribution in [0.1, 0.15) is 30.4 Å². The summed E-state index contributed by atoms with van der Waals surface area (Å²) in [4.78, 5) is 0.454. The van der Waals surface area contributed by atoms with E-state index in [-0.39, 0.29) is 12.4 Å². The maximum Gasteiger partial charge on any atom is 0.243 e. The van der Waals surface area contributed by atoms with Crippen molar-refractivity contribution >= 4 is 22.4 Å². The molecule has 0 spiro atoms. The van der Waals surface area contributed by atoms with Crippen molar-refractivity contribution in [2.24, 2.45) is 11.7 Å². The molecule has 1 unspecified atom stereocenters. The standard InChI is InChI=1S/C15H22N2O2S.ClH/c16-10-12-3-2-8-17(11-12)20(18,19)15-7-6-13-4-1-5-14(13)9-15;/h6-7,9,12H,1-5,8,10-11,16H2;1H. The monoisotopic (exact) mass is 330 g/mol. The summed E-state index contributed by atoms with van der Waals surface area (Å²) in [6, 6.07) is 5.63. The molecule has 118 valence electrons. The molecular weight excluding hydrogens is 308 g/mol. The summed E-state index contributed by atoms with van der Waals surface area (Å²) in [5, 5.41) is 0. The maximum atomic E-state index is 12.7. The van der Waals surface area contributed by atoms with E-state index in [1.807, 2.05) is 12.1 Å². The van der Waals surface area contributed by atoms with Crippen LogP contribution in [0.15, 0.2) is 23.1 Å². The molecule has 2 aliphatic rings. The van der Waals surface area contributed by atoms with E-state index >= 15 is 0 Å². The van der Waals surface area contributed by atoms with Gasteiger partial charge >= 0.3 is 0 Å². The Morgan fingerprint density at radius 2 is 1.95 bits per heavy atom. The molecule has 0 amide bonds. The summed E-state index contributed by atoms with van der Waals surface area (Å²) in [7, 11) is -3.35. The number of benzene rings is 1. The van der Waals surface area contributed by atoms with Crippen molar-refractivity contribution in [1.29, 1.82) is 0 Å². The van der Waals surface area contributed by atoms with Gasteiger partial charge in [-0.25, -0.2) is 8.42 Å². The summed E-state index contributed by atoms with van der Waals surface area (Å²) < 4.78 is 27.1. The number of nitrogens with two attached hydrogens (primary N) is 1. The van der Waals surface area contributed by atoms with Gasteiger partial charge in [0.25, 0.3) is 0 Å². The quantitative estimate of drug-likeness (QED) is 0.921. The van der Waals surface area contributed by atoms with Crippen molar-refractivity contribution in [3.05, 3.63) is 29.3 Å². The van der Waals surface area contributed by atoms with E-state index in [0.29, 0.717) is 30.4 Å². The Morgan fingerprint density at radius 3 is 2.71 bits per heavy atom. The molecule has 1 aliphatic heterocycles. The number of nitrogens with zero attached hydrogens (tertiary/aromatic N) is 1. The van der Waals surface area contributed by atoms with E-state index in [1.54, 1.807) is 10.4 Å². The molecule has 1 atom stereocenters. The summed E-state index contributed by atoms with van der Waals surface area (Å²) in [6.07, 6.45) is 5.16. The zero-order valence-corrected chi connectivity index (χ0v) is 13.8. The second kappa shape index (κ2) is 6.65. The third-order valence-corrected chi connectivity index (χ3v) is 6.38. The summed E-state index contributed by atoms with van der Waals surface area (Å²) in [5.74, 6) is 0.299. The fraction of sp³-hybridized carbons (Fsp3) is 0.600. The largest absolute Gasteiger partial charge is 0.330 e. The van der Waals surface area contributed by atoms with E-state index < -0.39 is 10.0 Å². The lowest BCUT2D eigenvalue weighted by Gasteiger charge is -2.31. The number of fused-ring (bicyclic) bond motifs is 1. The van der Waals surface area contributed by atoms with Gasteiger partial charge in [0.15, 0.2) is 0 Å². The average Bonchev–Trinajstić information content (AvgIpc) is 2.94. The van der Waals surface area contributed by atoms with Crippen molar-refractivity contribution in [2.45, 2.75) is 37.0 Å². The minimum absolute atomic E-state index is 0. The average molecular weight is 331 g/mol. The highest BCUT2D eigenvalue weighted by molar-refractivity contribution is 7.89. The first kappa shape index (κ1) is 16.7. The summed E-state index contributed by atoms with van der Waals surface area (Å²) >= 11 is 0. The normalized spacial score (nSPS) is 22.6. The molecule has 0 radical (unpaired) electrons. The highest BCUT2D eigenvalue weighted by atomic mass is 35.5. The molecule has 0 aromatic heterocycles. The van der Waals surface area contributed by atoms with Gasteiger partial charge in [-0.05, 0) is 67.8 Å². The van der Waals surface area contributed by atoms with Gasteiger partial charge in [0.05, 0.1) is 4.90 Å². The Labute approximate surface area is 133 Å².